The molecule has 1 saturated heterocycles. The van der Waals surface area contributed by atoms with Crippen molar-refractivity contribution in [1.82, 2.24) is 19.7 Å². The van der Waals surface area contributed by atoms with E-state index in [2.05, 4.69) is 21.9 Å². The van der Waals surface area contributed by atoms with E-state index in [4.69, 9.17) is 4.74 Å². The fourth-order valence-electron chi connectivity index (χ4n) is 3.63. The van der Waals surface area contributed by atoms with E-state index < -0.39 is 0 Å². The molecule has 0 bridgehead atoms. The Morgan fingerprint density at radius 1 is 1.37 bits per heavy atom. The number of hydrogen-bond donors (Lipinski definition) is 0. The lowest BCUT2D eigenvalue weighted by molar-refractivity contribution is 0.0570. The Labute approximate surface area is 160 Å². The second-order valence-electron chi connectivity index (χ2n) is 7.16. The Kier molecular flexibility index (Phi) is 6.45. The van der Waals surface area contributed by atoms with Crippen LogP contribution in [-0.4, -0.2) is 58.9 Å². The van der Waals surface area contributed by atoms with Gasteiger partial charge in [-0.15, -0.1) is 0 Å². The third kappa shape index (κ3) is 4.86. The molecule has 1 fully saturated rings. The van der Waals surface area contributed by atoms with Crippen molar-refractivity contribution < 1.29 is 9.53 Å². The lowest BCUT2D eigenvalue weighted by atomic mass is 9.98. The normalized spacial score (nSPS) is 17.1. The Hall–Kier alpha value is -2.41. The van der Waals surface area contributed by atoms with Crippen LogP contribution in [0.4, 0.5) is 5.82 Å². The van der Waals surface area contributed by atoms with Crippen molar-refractivity contribution in [3.05, 3.63) is 41.9 Å². The zero-order chi connectivity index (χ0) is 19.2. The number of anilines is 1. The summed E-state index contributed by atoms with van der Waals surface area (Å²) < 4.78 is 7.06. The number of hydrogen-bond acceptors (Lipinski definition) is 5. The van der Waals surface area contributed by atoms with Gasteiger partial charge in [-0.05, 0) is 37.8 Å². The second kappa shape index (κ2) is 8.99. The quantitative estimate of drug-likeness (QED) is 0.748. The van der Waals surface area contributed by atoms with Gasteiger partial charge in [-0.25, -0.2) is 4.98 Å². The second-order valence-corrected chi connectivity index (χ2v) is 7.16. The summed E-state index contributed by atoms with van der Waals surface area (Å²) in [4.78, 5) is 21.5. The lowest BCUT2D eigenvalue weighted by Gasteiger charge is -2.32. The molecule has 2 aromatic heterocycles. The number of likely N-dealkylation sites (tertiary alicyclic amines) is 1. The van der Waals surface area contributed by atoms with E-state index in [0.717, 1.165) is 50.4 Å². The zero-order valence-corrected chi connectivity index (χ0v) is 16.5. The van der Waals surface area contributed by atoms with Crippen LogP contribution >= 0.6 is 0 Å². The third-order valence-electron chi connectivity index (χ3n) is 5.04. The van der Waals surface area contributed by atoms with Crippen LogP contribution in [0.15, 0.2) is 30.7 Å². The fourth-order valence-corrected chi connectivity index (χ4v) is 3.63. The van der Waals surface area contributed by atoms with E-state index in [9.17, 15) is 4.79 Å². The van der Waals surface area contributed by atoms with Crippen LogP contribution in [0, 0.1) is 5.92 Å². The van der Waals surface area contributed by atoms with Crippen LogP contribution in [0.5, 0.6) is 0 Å². The first kappa shape index (κ1) is 19.4. The summed E-state index contributed by atoms with van der Waals surface area (Å²) >= 11 is 0. The number of piperidine rings is 1. The molecule has 27 heavy (non-hydrogen) atoms. The molecule has 3 heterocycles. The smallest absolute Gasteiger partial charge is 0.255 e. The van der Waals surface area contributed by atoms with Gasteiger partial charge in [-0.1, -0.05) is 0 Å². The monoisotopic (exact) mass is 371 g/mol. The van der Waals surface area contributed by atoms with Gasteiger partial charge in [0.25, 0.3) is 5.91 Å². The molecule has 0 saturated carbocycles. The summed E-state index contributed by atoms with van der Waals surface area (Å²) in [6, 6.07) is 3.82. The average molecular weight is 371 g/mol. The molecule has 7 heteroatoms. The van der Waals surface area contributed by atoms with Gasteiger partial charge in [0, 0.05) is 58.3 Å². The van der Waals surface area contributed by atoms with Gasteiger partial charge in [0.1, 0.15) is 5.82 Å². The number of nitrogens with zero attached hydrogens (tertiary/aromatic N) is 5. The highest BCUT2D eigenvalue weighted by atomic mass is 16.5. The number of carbonyl (C=O) groups excluding carboxylic acids is 1. The Morgan fingerprint density at radius 3 is 2.85 bits per heavy atom. The minimum Gasteiger partial charge on any atom is -0.384 e. The first-order valence-corrected chi connectivity index (χ1v) is 9.57. The molecule has 0 spiro atoms. The van der Waals surface area contributed by atoms with Crippen molar-refractivity contribution in [2.24, 2.45) is 13.0 Å². The van der Waals surface area contributed by atoms with E-state index in [1.165, 1.54) is 0 Å². The van der Waals surface area contributed by atoms with Crippen LogP contribution < -0.4 is 4.90 Å². The summed E-state index contributed by atoms with van der Waals surface area (Å²) in [6.07, 6.45) is 7.72. The van der Waals surface area contributed by atoms with Crippen LogP contribution in [0.2, 0.25) is 0 Å². The molecule has 0 N–H and O–H groups in total. The largest absolute Gasteiger partial charge is 0.384 e. The molecule has 1 aliphatic heterocycles. The number of aryl methyl sites for hydroxylation is 1. The van der Waals surface area contributed by atoms with E-state index >= 15 is 0 Å². The topological polar surface area (TPSA) is 63.5 Å². The molecule has 1 amide bonds. The Balaban J connectivity index is 1.65. The number of amides is 1. The van der Waals surface area contributed by atoms with E-state index in [0.29, 0.717) is 18.1 Å². The van der Waals surface area contributed by atoms with Crippen molar-refractivity contribution >= 4 is 11.7 Å². The number of rotatable bonds is 7. The molecule has 3 rings (SSSR count). The van der Waals surface area contributed by atoms with Crippen LogP contribution in [0.25, 0.3) is 0 Å². The van der Waals surface area contributed by atoms with E-state index in [1.54, 1.807) is 18.0 Å². The summed E-state index contributed by atoms with van der Waals surface area (Å²) in [5, 5.41) is 4.22. The first-order valence-electron chi connectivity index (χ1n) is 9.57. The molecule has 146 valence electrons. The maximum atomic E-state index is 12.8. The molecule has 0 aromatic carbocycles. The molecular weight excluding hydrogens is 342 g/mol. The highest BCUT2D eigenvalue weighted by Gasteiger charge is 2.24. The van der Waals surface area contributed by atoms with Gasteiger partial charge in [-0.3, -0.25) is 9.48 Å². The highest BCUT2D eigenvalue weighted by Crippen LogP contribution is 2.20. The van der Waals surface area contributed by atoms with Crippen LogP contribution in [0.3, 0.4) is 0 Å². The fraction of sp³-hybridized carbons (Fsp3) is 0.550. The SMILES string of the molecule is CCN(Cc1cnn(C)c1)c1ccc(C(=O)N2CCCC(COC)C2)cn1. The van der Waals surface area contributed by atoms with Crippen molar-refractivity contribution in [1.29, 1.82) is 0 Å². The molecule has 1 atom stereocenters. The molecule has 7 nitrogen and oxygen atoms in total. The summed E-state index contributed by atoms with van der Waals surface area (Å²) in [5.41, 5.74) is 1.79. The van der Waals surface area contributed by atoms with Crippen molar-refractivity contribution in [2.45, 2.75) is 26.3 Å². The minimum absolute atomic E-state index is 0.0603. The molecule has 2 aromatic rings. The minimum atomic E-state index is 0.0603. The van der Waals surface area contributed by atoms with Crippen LogP contribution in [-0.2, 0) is 18.3 Å². The molecule has 1 aliphatic rings. The maximum absolute atomic E-state index is 12.8. The van der Waals surface area contributed by atoms with Gasteiger partial charge < -0.3 is 14.5 Å². The Morgan fingerprint density at radius 2 is 2.22 bits per heavy atom. The van der Waals surface area contributed by atoms with E-state index in [1.807, 2.05) is 36.5 Å². The number of aromatic nitrogens is 3. The first-order chi connectivity index (χ1) is 13.1. The maximum Gasteiger partial charge on any atom is 0.255 e. The van der Waals surface area contributed by atoms with Gasteiger partial charge >= 0.3 is 0 Å². The standard InChI is InChI=1S/C20H29N5O2/c1-4-24(14-17-10-22-23(2)12-17)19-8-7-18(11-21-19)20(26)25-9-5-6-16(13-25)15-27-3/h7-8,10-12,16H,4-6,9,13-15H2,1-3H3. The van der Waals surface area contributed by atoms with Crippen molar-refractivity contribution in [2.75, 3.05) is 38.3 Å². The highest BCUT2D eigenvalue weighted by molar-refractivity contribution is 5.94. The third-order valence-corrected chi connectivity index (χ3v) is 5.04. The van der Waals surface area contributed by atoms with Crippen molar-refractivity contribution in [3.8, 4) is 0 Å². The molecule has 1 unspecified atom stereocenters. The number of methoxy groups -OCH3 is 1. The van der Waals surface area contributed by atoms with Crippen LogP contribution in [0.1, 0.15) is 35.7 Å². The summed E-state index contributed by atoms with van der Waals surface area (Å²) in [5.74, 6) is 1.36. The van der Waals surface area contributed by atoms with Gasteiger partial charge in [-0.2, -0.15) is 5.10 Å². The summed E-state index contributed by atoms with van der Waals surface area (Å²) in [7, 11) is 3.63. The Bertz CT molecular complexity index is 741. The van der Waals surface area contributed by atoms with Gasteiger partial charge in [0.15, 0.2) is 0 Å². The van der Waals surface area contributed by atoms with E-state index in [-0.39, 0.29) is 5.91 Å². The van der Waals surface area contributed by atoms with Crippen molar-refractivity contribution in [3.63, 3.8) is 0 Å². The summed E-state index contributed by atoms with van der Waals surface area (Å²) in [6.45, 7) is 5.95. The number of ether oxygens (including phenoxy) is 1. The molecule has 0 radical (unpaired) electrons. The predicted molar refractivity (Wildman–Crippen MR) is 105 cm³/mol. The predicted octanol–water partition coefficient (Wildman–Crippen LogP) is 2.34. The van der Waals surface area contributed by atoms with Gasteiger partial charge in [0.05, 0.1) is 18.4 Å². The zero-order valence-electron chi connectivity index (χ0n) is 16.5. The van der Waals surface area contributed by atoms with Gasteiger partial charge in [0.2, 0.25) is 0 Å². The number of pyridine rings is 1. The average Bonchev–Trinajstić information content (AvgIpc) is 3.11. The lowest BCUT2D eigenvalue weighted by Crippen LogP contribution is -2.41. The number of carbonyl (C=O) groups is 1. The molecular formula is C20H29N5O2. The molecule has 0 aliphatic carbocycles.